The Hall–Kier alpha value is -1.00. The Morgan fingerprint density at radius 3 is 2.57 bits per heavy atom. The van der Waals surface area contributed by atoms with Crippen molar-refractivity contribution in [3.63, 3.8) is 0 Å². The Morgan fingerprint density at radius 2 is 1.81 bits per heavy atom. The number of hydrogen-bond donors (Lipinski definition) is 0. The van der Waals surface area contributed by atoms with Gasteiger partial charge < -0.3 is 4.74 Å². The predicted molar refractivity (Wildman–Crippen MR) is 84.5 cm³/mol. The zero-order valence-corrected chi connectivity index (χ0v) is 13.1. The molecule has 1 saturated heterocycles. The van der Waals surface area contributed by atoms with E-state index in [9.17, 15) is 4.79 Å². The van der Waals surface area contributed by atoms with E-state index in [0.29, 0.717) is 21.4 Å². The summed E-state index contributed by atoms with van der Waals surface area (Å²) in [7, 11) is 0. The third kappa shape index (κ3) is 2.11. The zero-order valence-electron chi connectivity index (χ0n) is 10.8. The summed E-state index contributed by atoms with van der Waals surface area (Å²) in [5.41, 5.74) is 0.907. The maximum atomic E-state index is 12.8. The molecule has 2 heterocycles. The van der Waals surface area contributed by atoms with Crippen molar-refractivity contribution in [2.75, 3.05) is 5.75 Å². The van der Waals surface area contributed by atoms with Gasteiger partial charge in [-0.05, 0) is 35.9 Å². The molecule has 2 aromatic carbocycles. The van der Waals surface area contributed by atoms with Gasteiger partial charge in [-0.3, -0.25) is 4.79 Å². The van der Waals surface area contributed by atoms with Crippen LogP contribution in [0.15, 0.2) is 47.4 Å². The van der Waals surface area contributed by atoms with E-state index >= 15 is 0 Å². The van der Waals surface area contributed by atoms with Crippen LogP contribution in [0.1, 0.15) is 22.0 Å². The summed E-state index contributed by atoms with van der Waals surface area (Å²) in [6.45, 7) is 0. The van der Waals surface area contributed by atoms with Crippen LogP contribution in [0.25, 0.3) is 0 Å². The van der Waals surface area contributed by atoms with E-state index in [4.69, 9.17) is 27.9 Å². The van der Waals surface area contributed by atoms with Gasteiger partial charge in [-0.1, -0.05) is 35.3 Å². The largest absolute Gasteiger partial charge is 0.351 e. The first-order valence-electron chi connectivity index (χ1n) is 6.51. The number of halogens is 2. The van der Waals surface area contributed by atoms with Gasteiger partial charge in [-0.2, -0.15) is 0 Å². The lowest BCUT2D eigenvalue weighted by molar-refractivity contribution is 0.0885. The minimum absolute atomic E-state index is 0.0266. The molecule has 2 atom stereocenters. The molecule has 21 heavy (non-hydrogen) atoms. The molecule has 2 nitrogen and oxygen atoms in total. The van der Waals surface area contributed by atoms with Crippen LogP contribution in [-0.2, 0) is 4.74 Å². The molecule has 0 bridgehead atoms. The second-order valence-electron chi connectivity index (χ2n) is 5.20. The van der Waals surface area contributed by atoms with Crippen LogP contribution in [-0.4, -0.2) is 17.1 Å². The first-order valence-corrected chi connectivity index (χ1v) is 8.25. The Morgan fingerprint density at radius 1 is 1.10 bits per heavy atom. The molecule has 0 saturated carbocycles. The van der Waals surface area contributed by atoms with Crippen molar-refractivity contribution in [1.82, 2.24) is 0 Å². The summed E-state index contributed by atoms with van der Waals surface area (Å²) in [6, 6.07) is 12.9. The number of Topliss-reactive ketones (excluding diaryl/α,β-unsaturated/α-hetero) is 1. The van der Waals surface area contributed by atoms with E-state index in [1.54, 1.807) is 17.8 Å². The second-order valence-corrected chi connectivity index (χ2v) is 7.09. The molecular weight excluding hydrogens is 327 g/mol. The highest BCUT2D eigenvalue weighted by atomic mass is 35.5. The number of hydrogen-bond acceptors (Lipinski definition) is 3. The lowest BCUT2D eigenvalue weighted by atomic mass is 9.92. The van der Waals surface area contributed by atoms with Crippen LogP contribution in [0.2, 0.25) is 10.0 Å². The number of carbonyl (C=O) groups is 1. The second kappa shape index (κ2) is 4.75. The number of epoxide rings is 1. The molecule has 2 aromatic rings. The third-order valence-corrected chi connectivity index (χ3v) is 5.61. The van der Waals surface area contributed by atoms with E-state index in [1.807, 2.05) is 36.4 Å². The van der Waals surface area contributed by atoms with Gasteiger partial charge in [0.05, 0.1) is 0 Å². The van der Waals surface area contributed by atoms with Crippen molar-refractivity contribution in [3.8, 4) is 0 Å². The third-order valence-electron chi connectivity index (χ3n) is 3.88. The van der Waals surface area contributed by atoms with Gasteiger partial charge in [-0.25, -0.2) is 0 Å². The number of ketones is 1. The van der Waals surface area contributed by atoms with Crippen LogP contribution in [0.4, 0.5) is 0 Å². The van der Waals surface area contributed by atoms with Gasteiger partial charge in [-0.15, -0.1) is 11.8 Å². The summed E-state index contributed by atoms with van der Waals surface area (Å²) < 4.78 is 5.82. The minimum Gasteiger partial charge on any atom is -0.351 e. The molecular formula is C16H10Cl2O2S. The van der Waals surface area contributed by atoms with Gasteiger partial charge in [0, 0.05) is 26.3 Å². The van der Waals surface area contributed by atoms with Crippen LogP contribution in [0.5, 0.6) is 0 Å². The summed E-state index contributed by atoms with van der Waals surface area (Å²) >= 11 is 13.6. The van der Waals surface area contributed by atoms with E-state index in [0.717, 1.165) is 10.5 Å². The molecule has 2 aliphatic heterocycles. The van der Waals surface area contributed by atoms with Crippen LogP contribution in [0, 0.1) is 0 Å². The number of fused-ring (bicyclic) bond motifs is 1. The normalized spacial score (nSPS) is 26.8. The average molecular weight is 337 g/mol. The fraction of sp³-hybridized carbons (Fsp3) is 0.188. The lowest BCUT2D eigenvalue weighted by Crippen LogP contribution is -2.32. The molecule has 5 heteroatoms. The molecule has 0 aliphatic carbocycles. The zero-order chi connectivity index (χ0) is 14.6. The van der Waals surface area contributed by atoms with E-state index in [2.05, 4.69) is 0 Å². The van der Waals surface area contributed by atoms with Gasteiger partial charge in [0.15, 0.2) is 11.4 Å². The number of carbonyl (C=O) groups excluding carboxylic acids is 1. The van der Waals surface area contributed by atoms with Crippen molar-refractivity contribution >= 4 is 40.7 Å². The summed E-state index contributed by atoms with van der Waals surface area (Å²) in [5, 5.41) is 1.25. The van der Waals surface area contributed by atoms with Gasteiger partial charge in [0.1, 0.15) is 6.10 Å². The molecule has 0 amide bonds. The quantitative estimate of drug-likeness (QED) is 0.701. The van der Waals surface area contributed by atoms with Crippen molar-refractivity contribution < 1.29 is 9.53 Å². The molecule has 106 valence electrons. The molecule has 2 unspecified atom stereocenters. The Balaban J connectivity index is 1.69. The summed E-state index contributed by atoms with van der Waals surface area (Å²) in [4.78, 5) is 13.8. The highest BCUT2D eigenvalue weighted by Gasteiger charge is 2.64. The minimum atomic E-state index is -0.740. The Labute approximate surface area is 136 Å². The molecule has 1 fully saturated rings. The first kappa shape index (κ1) is 13.6. The number of benzene rings is 2. The predicted octanol–water partition coefficient (Wildman–Crippen LogP) is 4.79. The highest BCUT2D eigenvalue weighted by Crippen LogP contribution is 2.57. The van der Waals surface area contributed by atoms with E-state index < -0.39 is 5.60 Å². The highest BCUT2D eigenvalue weighted by molar-refractivity contribution is 7.99. The van der Waals surface area contributed by atoms with Crippen LogP contribution >= 0.6 is 35.0 Å². The average Bonchev–Trinajstić information content (AvgIpc) is 3.20. The van der Waals surface area contributed by atoms with Crippen LogP contribution in [0.3, 0.4) is 0 Å². The fourth-order valence-electron chi connectivity index (χ4n) is 2.72. The van der Waals surface area contributed by atoms with Crippen molar-refractivity contribution in [2.45, 2.75) is 16.6 Å². The van der Waals surface area contributed by atoms with Crippen molar-refractivity contribution in [2.24, 2.45) is 0 Å². The molecule has 0 aromatic heterocycles. The van der Waals surface area contributed by atoms with Crippen LogP contribution < -0.4 is 0 Å². The van der Waals surface area contributed by atoms with Gasteiger partial charge in [0.25, 0.3) is 0 Å². The molecule has 0 N–H and O–H groups in total. The lowest BCUT2D eigenvalue weighted by Gasteiger charge is -2.20. The SMILES string of the molecule is O=C1c2cc(Cl)ccc2SCC12OC2c1ccc(Cl)cc1. The van der Waals surface area contributed by atoms with E-state index in [1.165, 1.54) is 0 Å². The number of rotatable bonds is 1. The topological polar surface area (TPSA) is 29.6 Å². The standard InChI is InChI=1S/C16H10Cl2O2S/c17-10-3-1-9(2-4-10)15-16(20-15)8-21-13-6-5-11(18)7-12(13)14(16)19/h1-7,15H,8H2. The molecule has 2 aliphatic rings. The Bertz CT molecular complexity index is 744. The van der Waals surface area contributed by atoms with Crippen molar-refractivity contribution in [1.29, 1.82) is 0 Å². The van der Waals surface area contributed by atoms with Gasteiger partial charge in [0.2, 0.25) is 0 Å². The number of thioether (sulfide) groups is 1. The molecule has 1 spiro atoms. The van der Waals surface area contributed by atoms with Crippen molar-refractivity contribution in [3.05, 3.63) is 63.6 Å². The monoisotopic (exact) mass is 336 g/mol. The summed E-state index contributed by atoms with van der Waals surface area (Å²) in [6.07, 6.45) is -0.193. The summed E-state index contributed by atoms with van der Waals surface area (Å²) in [5.74, 6) is 0.659. The van der Waals surface area contributed by atoms with Gasteiger partial charge >= 0.3 is 0 Å². The molecule has 0 radical (unpaired) electrons. The molecule has 4 rings (SSSR count). The Kier molecular flexibility index (Phi) is 3.09. The fourth-order valence-corrected chi connectivity index (χ4v) is 4.21. The maximum Gasteiger partial charge on any atom is 0.199 e. The smallest absolute Gasteiger partial charge is 0.199 e. The number of ether oxygens (including phenoxy) is 1. The van der Waals surface area contributed by atoms with E-state index in [-0.39, 0.29) is 11.9 Å². The first-order chi connectivity index (χ1) is 10.1. The maximum absolute atomic E-state index is 12.8.